The molecule has 1 aliphatic rings. The van der Waals surface area contributed by atoms with Crippen molar-refractivity contribution in [2.75, 3.05) is 5.32 Å². The van der Waals surface area contributed by atoms with Gasteiger partial charge in [0.15, 0.2) is 0 Å². The number of nitrogens with zero attached hydrogens (tertiary/aromatic N) is 1. The van der Waals surface area contributed by atoms with Crippen LogP contribution in [0.2, 0.25) is 0 Å². The topological polar surface area (TPSA) is 80.3 Å². The van der Waals surface area contributed by atoms with E-state index in [9.17, 15) is 27.2 Å². The van der Waals surface area contributed by atoms with Crippen molar-refractivity contribution < 1.29 is 31.9 Å². The second-order valence-electron chi connectivity index (χ2n) is 6.99. The van der Waals surface area contributed by atoms with Crippen LogP contribution in [0.3, 0.4) is 0 Å². The maximum absolute atomic E-state index is 14.5. The summed E-state index contributed by atoms with van der Waals surface area (Å²) in [5, 5.41) is 5.33. The van der Waals surface area contributed by atoms with E-state index in [1.165, 1.54) is 30.5 Å². The Labute approximate surface area is 179 Å². The van der Waals surface area contributed by atoms with E-state index < -0.39 is 29.9 Å². The van der Waals surface area contributed by atoms with E-state index >= 15 is 0 Å². The minimum Gasteiger partial charge on any atom is -0.406 e. The molecule has 2 amide bonds. The van der Waals surface area contributed by atoms with Crippen molar-refractivity contribution in [2.24, 2.45) is 0 Å². The number of anilines is 1. The Morgan fingerprint density at radius 2 is 1.88 bits per heavy atom. The number of hydrogen-bond acceptors (Lipinski definition) is 4. The van der Waals surface area contributed by atoms with E-state index in [0.717, 1.165) is 18.2 Å². The first-order valence-corrected chi connectivity index (χ1v) is 9.39. The van der Waals surface area contributed by atoms with E-state index in [4.69, 9.17) is 0 Å². The predicted molar refractivity (Wildman–Crippen MR) is 105 cm³/mol. The lowest BCUT2D eigenvalue weighted by molar-refractivity contribution is -0.274. The number of nitrogens with one attached hydrogen (secondary N) is 2. The quantitative estimate of drug-likeness (QED) is 0.579. The maximum atomic E-state index is 14.5. The molecule has 0 saturated heterocycles. The number of ether oxygens (including phenoxy) is 1. The number of carbonyl (C=O) groups is 2. The number of alkyl halides is 3. The summed E-state index contributed by atoms with van der Waals surface area (Å²) in [7, 11) is 0. The predicted octanol–water partition coefficient (Wildman–Crippen LogP) is 4.13. The number of aromatic nitrogens is 1. The van der Waals surface area contributed by atoms with Crippen LogP contribution in [0.1, 0.15) is 33.2 Å². The molecule has 0 bridgehead atoms. The van der Waals surface area contributed by atoms with Gasteiger partial charge in [-0.15, -0.1) is 13.2 Å². The zero-order valence-corrected chi connectivity index (χ0v) is 16.2. The van der Waals surface area contributed by atoms with Crippen LogP contribution >= 0.6 is 0 Å². The molecule has 0 radical (unpaired) electrons. The molecular weight excluding hydrogens is 430 g/mol. The van der Waals surface area contributed by atoms with Crippen LogP contribution in [0.5, 0.6) is 5.75 Å². The van der Waals surface area contributed by atoms with Crippen LogP contribution in [0, 0.1) is 5.82 Å². The molecule has 6 nitrogen and oxygen atoms in total. The molecule has 1 atom stereocenters. The van der Waals surface area contributed by atoms with Crippen LogP contribution in [-0.2, 0) is 11.2 Å². The van der Waals surface area contributed by atoms with Gasteiger partial charge in [-0.1, -0.05) is 12.1 Å². The molecule has 0 aliphatic carbocycles. The fourth-order valence-corrected chi connectivity index (χ4v) is 3.37. The third-order valence-corrected chi connectivity index (χ3v) is 4.78. The minimum atomic E-state index is -4.86. The zero-order chi connectivity index (χ0) is 22.9. The Hall–Kier alpha value is -3.95. The van der Waals surface area contributed by atoms with Crippen LogP contribution in [-0.4, -0.2) is 23.2 Å². The van der Waals surface area contributed by atoms with Crippen molar-refractivity contribution in [3.05, 3.63) is 89.0 Å². The zero-order valence-electron chi connectivity index (χ0n) is 16.2. The van der Waals surface area contributed by atoms with Gasteiger partial charge in [0, 0.05) is 17.4 Å². The van der Waals surface area contributed by atoms with E-state index in [1.807, 2.05) is 0 Å². The summed E-state index contributed by atoms with van der Waals surface area (Å²) in [5.41, 5.74) is 1.68. The smallest absolute Gasteiger partial charge is 0.406 e. The molecule has 2 heterocycles. The van der Waals surface area contributed by atoms with Crippen LogP contribution in [0.25, 0.3) is 0 Å². The molecule has 1 aromatic heterocycles. The molecule has 2 N–H and O–H groups in total. The third-order valence-electron chi connectivity index (χ3n) is 4.78. The summed E-state index contributed by atoms with van der Waals surface area (Å²) < 4.78 is 55.6. The second kappa shape index (κ2) is 8.29. The Morgan fingerprint density at radius 1 is 1.12 bits per heavy atom. The van der Waals surface area contributed by atoms with Crippen molar-refractivity contribution in [1.29, 1.82) is 0 Å². The Kier molecular flexibility index (Phi) is 5.52. The summed E-state index contributed by atoms with van der Waals surface area (Å²) in [5.74, 6) is -1.91. The van der Waals surface area contributed by atoms with Gasteiger partial charge in [-0.3, -0.25) is 14.6 Å². The Balaban J connectivity index is 1.64. The molecule has 1 aliphatic heterocycles. The van der Waals surface area contributed by atoms with Gasteiger partial charge in [-0.25, -0.2) is 4.39 Å². The van der Waals surface area contributed by atoms with Crippen LogP contribution in [0.15, 0.2) is 60.8 Å². The first kappa shape index (κ1) is 21.3. The van der Waals surface area contributed by atoms with Gasteiger partial charge in [-0.05, 0) is 53.6 Å². The van der Waals surface area contributed by atoms with Crippen LogP contribution < -0.4 is 15.4 Å². The summed E-state index contributed by atoms with van der Waals surface area (Å²) >= 11 is 0. The van der Waals surface area contributed by atoms with Gasteiger partial charge in [0.25, 0.3) is 5.91 Å². The highest BCUT2D eigenvalue weighted by atomic mass is 19.4. The molecule has 4 rings (SSSR count). The molecule has 3 aromatic rings. The average Bonchev–Trinajstić information content (AvgIpc) is 3.11. The third kappa shape index (κ3) is 4.69. The number of fused-ring (bicyclic) bond motifs is 1. The summed E-state index contributed by atoms with van der Waals surface area (Å²) in [4.78, 5) is 28.4. The van der Waals surface area contributed by atoms with Crippen molar-refractivity contribution in [3.63, 3.8) is 0 Å². The van der Waals surface area contributed by atoms with E-state index in [0.29, 0.717) is 16.8 Å². The van der Waals surface area contributed by atoms with Gasteiger partial charge in [0.1, 0.15) is 17.3 Å². The van der Waals surface area contributed by atoms with Gasteiger partial charge < -0.3 is 15.4 Å². The van der Waals surface area contributed by atoms with Gasteiger partial charge in [0.05, 0.1) is 12.5 Å². The fraction of sp³-hybridized carbons (Fsp3) is 0.136. The highest BCUT2D eigenvalue weighted by Gasteiger charge is 2.31. The average molecular weight is 445 g/mol. The summed E-state index contributed by atoms with van der Waals surface area (Å²) in [6.45, 7) is 0. The maximum Gasteiger partial charge on any atom is 0.573 e. The van der Waals surface area contributed by atoms with Crippen molar-refractivity contribution in [2.45, 2.75) is 18.8 Å². The molecule has 0 unspecified atom stereocenters. The fourth-order valence-electron chi connectivity index (χ4n) is 3.37. The Morgan fingerprint density at radius 3 is 2.56 bits per heavy atom. The number of benzene rings is 2. The second-order valence-corrected chi connectivity index (χ2v) is 6.99. The van der Waals surface area contributed by atoms with E-state index in [2.05, 4.69) is 20.4 Å². The van der Waals surface area contributed by atoms with E-state index in [-0.39, 0.29) is 23.6 Å². The lowest BCUT2D eigenvalue weighted by Crippen LogP contribution is -2.30. The van der Waals surface area contributed by atoms with Gasteiger partial charge >= 0.3 is 6.36 Å². The van der Waals surface area contributed by atoms with Gasteiger partial charge in [0.2, 0.25) is 5.91 Å². The first-order chi connectivity index (χ1) is 15.2. The monoisotopic (exact) mass is 445 g/mol. The molecule has 0 fully saturated rings. The normalized spacial score (nSPS) is 13.8. The number of carbonyl (C=O) groups excluding carboxylic acids is 2. The SMILES string of the molecule is O=C1Cc2cc(C(=O)N[C@@H](c3ccc(OC(F)(F)F)cc3)c3ncccc3F)ccc2N1. The molecule has 0 spiro atoms. The standard InChI is InChI=1S/C22H15F4N3O3/c23-16-2-1-9-27-20(16)19(12-3-6-15(7-4-12)32-22(24,25)26)29-21(31)13-5-8-17-14(10-13)11-18(30)28-17/h1-10,19H,11H2,(H,28,30)(H,29,31)/t19-/m0/s1. The molecule has 10 heteroatoms. The molecule has 2 aromatic carbocycles. The van der Waals surface area contributed by atoms with E-state index in [1.54, 1.807) is 12.1 Å². The van der Waals surface area contributed by atoms with Crippen molar-refractivity contribution >= 4 is 17.5 Å². The van der Waals surface area contributed by atoms with Gasteiger partial charge in [-0.2, -0.15) is 0 Å². The molecule has 164 valence electrons. The molecule has 0 saturated carbocycles. The number of rotatable bonds is 5. The highest BCUT2D eigenvalue weighted by Crippen LogP contribution is 2.29. The lowest BCUT2D eigenvalue weighted by atomic mass is 10.0. The lowest BCUT2D eigenvalue weighted by Gasteiger charge is -2.20. The molecule has 32 heavy (non-hydrogen) atoms. The van der Waals surface area contributed by atoms with Crippen molar-refractivity contribution in [3.8, 4) is 5.75 Å². The largest absolute Gasteiger partial charge is 0.573 e. The first-order valence-electron chi connectivity index (χ1n) is 9.39. The van der Waals surface area contributed by atoms with Crippen molar-refractivity contribution in [1.82, 2.24) is 10.3 Å². The van der Waals surface area contributed by atoms with Crippen LogP contribution in [0.4, 0.5) is 23.2 Å². The summed E-state index contributed by atoms with van der Waals surface area (Å²) in [6, 6.07) is 10.8. The Bertz CT molecular complexity index is 1180. The number of amides is 2. The minimum absolute atomic E-state index is 0.108. The number of halogens is 4. The highest BCUT2D eigenvalue weighted by molar-refractivity contribution is 6.01. The summed E-state index contributed by atoms with van der Waals surface area (Å²) in [6.07, 6.45) is -3.38. The number of pyridine rings is 1. The number of hydrogen-bond donors (Lipinski definition) is 2. The molecular formula is C22H15F4N3O3.